The maximum Gasteiger partial charge on any atom is 0.227 e. The molecule has 0 aromatic heterocycles. The van der Waals surface area contributed by atoms with E-state index in [0.717, 1.165) is 18.9 Å². The Hall–Kier alpha value is -1.49. The van der Waals surface area contributed by atoms with Crippen LogP contribution in [0, 0.1) is 11.6 Å². The largest absolute Gasteiger partial charge is 0.342 e. The van der Waals surface area contributed by atoms with Gasteiger partial charge in [-0.05, 0) is 31.7 Å². The third-order valence-electron chi connectivity index (χ3n) is 4.76. The minimum Gasteiger partial charge on any atom is -0.342 e. The van der Waals surface area contributed by atoms with E-state index in [4.69, 9.17) is 0 Å². The van der Waals surface area contributed by atoms with Gasteiger partial charge in [-0.25, -0.2) is 8.78 Å². The number of nitrogens with zero attached hydrogens (tertiary/aromatic N) is 1. The van der Waals surface area contributed by atoms with Gasteiger partial charge in [0.15, 0.2) is 11.6 Å². The highest BCUT2D eigenvalue weighted by atomic mass is 19.2. The molecular weight excluding hydrogens is 274 g/mol. The maximum atomic E-state index is 13.6. The number of likely N-dealkylation sites (N-methyl/N-ethyl adjacent to an activating group) is 1. The summed E-state index contributed by atoms with van der Waals surface area (Å²) in [7, 11) is 1.77. The number of amides is 1. The van der Waals surface area contributed by atoms with Crippen molar-refractivity contribution < 1.29 is 13.6 Å². The van der Waals surface area contributed by atoms with Crippen LogP contribution in [0.1, 0.15) is 31.2 Å². The number of carbonyl (C=O) groups is 1. The van der Waals surface area contributed by atoms with E-state index in [9.17, 15) is 13.6 Å². The Morgan fingerprint density at radius 2 is 1.95 bits per heavy atom. The fraction of sp³-hybridized carbons (Fsp3) is 0.562. The summed E-state index contributed by atoms with van der Waals surface area (Å²) < 4.78 is 26.8. The third kappa shape index (κ3) is 2.93. The molecule has 2 fully saturated rings. The molecule has 2 unspecified atom stereocenters. The molecule has 2 aliphatic heterocycles. The predicted octanol–water partition coefficient (Wildman–Crippen LogP) is 2.25. The highest BCUT2D eigenvalue weighted by Crippen LogP contribution is 2.29. The zero-order chi connectivity index (χ0) is 15.0. The second kappa shape index (κ2) is 5.72. The molecule has 1 N–H and O–H groups in total. The van der Waals surface area contributed by atoms with Gasteiger partial charge in [0.05, 0.1) is 6.42 Å². The number of halogens is 2. The molecule has 3 rings (SSSR count). The minimum absolute atomic E-state index is 0.0840. The van der Waals surface area contributed by atoms with Gasteiger partial charge in [0, 0.05) is 30.7 Å². The van der Waals surface area contributed by atoms with Gasteiger partial charge >= 0.3 is 0 Å². The molecule has 1 amide bonds. The van der Waals surface area contributed by atoms with Gasteiger partial charge in [-0.1, -0.05) is 12.1 Å². The van der Waals surface area contributed by atoms with Gasteiger partial charge in [0.25, 0.3) is 0 Å². The van der Waals surface area contributed by atoms with Crippen LogP contribution in [0.5, 0.6) is 0 Å². The molecule has 114 valence electrons. The lowest BCUT2D eigenvalue weighted by Gasteiger charge is -2.35. The molecule has 1 aromatic carbocycles. The van der Waals surface area contributed by atoms with E-state index < -0.39 is 11.6 Å². The normalized spacial score (nSPS) is 27.7. The fourth-order valence-corrected chi connectivity index (χ4v) is 3.52. The number of nitrogens with one attached hydrogen (secondary N) is 1. The summed E-state index contributed by atoms with van der Waals surface area (Å²) in [4.78, 5) is 14.0. The average molecular weight is 294 g/mol. The van der Waals surface area contributed by atoms with Crippen molar-refractivity contribution in [2.75, 3.05) is 7.05 Å². The zero-order valence-corrected chi connectivity index (χ0v) is 12.1. The molecule has 1 aromatic rings. The second-order valence-electron chi connectivity index (χ2n) is 6.16. The quantitative estimate of drug-likeness (QED) is 0.927. The first kappa shape index (κ1) is 14.4. The molecule has 0 saturated carbocycles. The van der Waals surface area contributed by atoms with E-state index >= 15 is 0 Å². The van der Waals surface area contributed by atoms with Crippen LogP contribution in [0.15, 0.2) is 18.2 Å². The molecule has 2 bridgehead atoms. The Labute approximate surface area is 123 Å². The molecule has 2 saturated heterocycles. The lowest BCUT2D eigenvalue weighted by molar-refractivity contribution is -0.132. The highest BCUT2D eigenvalue weighted by molar-refractivity contribution is 5.79. The molecule has 5 heteroatoms. The van der Waals surface area contributed by atoms with Crippen molar-refractivity contribution in [3.05, 3.63) is 35.4 Å². The lowest BCUT2D eigenvalue weighted by Crippen LogP contribution is -2.49. The number of fused-ring (bicyclic) bond motifs is 2. The molecule has 2 heterocycles. The van der Waals surface area contributed by atoms with Gasteiger partial charge in [-0.2, -0.15) is 0 Å². The van der Waals surface area contributed by atoms with Crippen molar-refractivity contribution in [3.63, 3.8) is 0 Å². The summed E-state index contributed by atoms with van der Waals surface area (Å²) in [5.41, 5.74) is 0.128. The summed E-state index contributed by atoms with van der Waals surface area (Å²) >= 11 is 0. The highest BCUT2D eigenvalue weighted by Gasteiger charge is 2.36. The number of hydrogen-bond acceptors (Lipinski definition) is 2. The number of hydrogen-bond donors (Lipinski definition) is 1. The number of piperidine rings is 1. The third-order valence-corrected chi connectivity index (χ3v) is 4.76. The number of carbonyl (C=O) groups excluding carboxylic acids is 1. The van der Waals surface area contributed by atoms with Crippen LogP contribution >= 0.6 is 0 Å². The molecular formula is C16H20F2N2O. The van der Waals surface area contributed by atoms with Crippen LogP contribution in [0.4, 0.5) is 8.78 Å². The molecule has 3 nitrogen and oxygen atoms in total. The Balaban J connectivity index is 1.66. The van der Waals surface area contributed by atoms with E-state index in [1.165, 1.54) is 25.0 Å². The molecule has 2 atom stereocenters. The van der Waals surface area contributed by atoms with E-state index in [2.05, 4.69) is 5.32 Å². The predicted molar refractivity (Wildman–Crippen MR) is 75.8 cm³/mol. The van der Waals surface area contributed by atoms with Crippen LogP contribution in [-0.4, -0.2) is 36.0 Å². The summed E-state index contributed by atoms with van der Waals surface area (Å²) in [5.74, 6) is -1.96. The van der Waals surface area contributed by atoms with Crippen molar-refractivity contribution in [3.8, 4) is 0 Å². The summed E-state index contributed by atoms with van der Waals surface area (Å²) in [6.07, 6.45) is 4.15. The lowest BCUT2D eigenvalue weighted by atomic mass is 9.98. The van der Waals surface area contributed by atoms with Gasteiger partial charge in [-0.3, -0.25) is 4.79 Å². The van der Waals surface area contributed by atoms with E-state index in [0.29, 0.717) is 12.1 Å². The Kier molecular flexibility index (Phi) is 3.93. The monoisotopic (exact) mass is 294 g/mol. The zero-order valence-electron chi connectivity index (χ0n) is 12.1. The fourth-order valence-electron chi connectivity index (χ4n) is 3.52. The van der Waals surface area contributed by atoms with Gasteiger partial charge in [0.1, 0.15) is 0 Å². The van der Waals surface area contributed by atoms with Crippen LogP contribution in [0.3, 0.4) is 0 Å². The molecule has 0 aliphatic carbocycles. The van der Waals surface area contributed by atoms with Crippen molar-refractivity contribution in [1.29, 1.82) is 0 Å². The molecule has 21 heavy (non-hydrogen) atoms. The van der Waals surface area contributed by atoms with Gasteiger partial charge in [0.2, 0.25) is 5.91 Å². The Morgan fingerprint density at radius 3 is 2.62 bits per heavy atom. The Bertz CT molecular complexity index is 537. The first-order valence-corrected chi connectivity index (χ1v) is 7.49. The van der Waals surface area contributed by atoms with Crippen LogP contribution in [0.25, 0.3) is 0 Å². The van der Waals surface area contributed by atoms with Gasteiger partial charge in [-0.15, -0.1) is 0 Å². The number of benzene rings is 1. The van der Waals surface area contributed by atoms with Crippen molar-refractivity contribution >= 4 is 5.91 Å². The van der Waals surface area contributed by atoms with Crippen LogP contribution in [-0.2, 0) is 11.2 Å². The van der Waals surface area contributed by atoms with Crippen molar-refractivity contribution in [2.45, 2.75) is 50.2 Å². The molecule has 0 radical (unpaired) electrons. The Morgan fingerprint density at radius 1 is 1.29 bits per heavy atom. The number of rotatable bonds is 3. The van der Waals surface area contributed by atoms with E-state index in [1.807, 2.05) is 0 Å². The first-order valence-electron chi connectivity index (χ1n) is 7.49. The average Bonchev–Trinajstić information content (AvgIpc) is 2.81. The topological polar surface area (TPSA) is 32.3 Å². The standard InChI is InChI=1S/C16H20F2N2O/c1-20(13-8-11-5-6-12(9-13)19-11)15(21)7-10-3-2-4-14(17)16(10)18/h2-4,11-13,19H,5-9H2,1H3. The minimum atomic E-state index is -0.912. The van der Waals surface area contributed by atoms with E-state index in [-0.39, 0.29) is 23.9 Å². The summed E-state index contributed by atoms with van der Waals surface area (Å²) in [6.45, 7) is 0. The van der Waals surface area contributed by atoms with Crippen LogP contribution in [0.2, 0.25) is 0 Å². The molecule has 0 spiro atoms. The SMILES string of the molecule is CN(C(=O)Cc1cccc(F)c1F)C1CC2CCC(C1)N2. The smallest absolute Gasteiger partial charge is 0.227 e. The first-order chi connectivity index (χ1) is 10.0. The summed E-state index contributed by atoms with van der Waals surface area (Å²) in [6, 6.07) is 5.16. The maximum absolute atomic E-state index is 13.6. The molecule has 2 aliphatic rings. The summed E-state index contributed by atoms with van der Waals surface area (Å²) in [5, 5.41) is 3.53. The van der Waals surface area contributed by atoms with Crippen molar-refractivity contribution in [2.24, 2.45) is 0 Å². The van der Waals surface area contributed by atoms with Gasteiger partial charge < -0.3 is 10.2 Å². The second-order valence-corrected chi connectivity index (χ2v) is 6.16. The van der Waals surface area contributed by atoms with Crippen molar-refractivity contribution in [1.82, 2.24) is 10.2 Å². The van der Waals surface area contributed by atoms with Crippen LogP contribution < -0.4 is 5.32 Å². The van der Waals surface area contributed by atoms with E-state index in [1.54, 1.807) is 11.9 Å².